The fraction of sp³-hybridized carbons (Fsp3) is 0.875. The summed E-state index contributed by atoms with van der Waals surface area (Å²) in [6.45, 7) is 1.66. The summed E-state index contributed by atoms with van der Waals surface area (Å²) in [6, 6.07) is 0. The van der Waals surface area contributed by atoms with Crippen molar-refractivity contribution in [1.82, 2.24) is 4.90 Å². The first-order chi connectivity index (χ1) is 5.38. The van der Waals surface area contributed by atoms with Gasteiger partial charge in [0.15, 0.2) is 0 Å². The molecule has 2 heterocycles. The Morgan fingerprint density at radius 1 is 1.45 bits per heavy atom. The van der Waals surface area contributed by atoms with Crippen LogP contribution in [-0.4, -0.2) is 30.2 Å². The molecule has 0 bridgehead atoms. The summed E-state index contributed by atoms with van der Waals surface area (Å²) >= 11 is 0. The quantitative estimate of drug-likeness (QED) is 0.516. The molecule has 0 aliphatic carbocycles. The van der Waals surface area contributed by atoms with E-state index in [1.54, 1.807) is 0 Å². The summed E-state index contributed by atoms with van der Waals surface area (Å²) in [5.41, 5.74) is 0. The lowest BCUT2D eigenvalue weighted by atomic mass is 10.3. The molecule has 1 atom stereocenters. The topological polar surface area (TPSA) is 29.5 Å². The lowest BCUT2D eigenvalue weighted by Gasteiger charge is -2.20. The third-order valence-corrected chi connectivity index (χ3v) is 2.36. The monoisotopic (exact) mass is 155 g/mol. The molecule has 1 amide bonds. The molecule has 2 rings (SSSR count). The molecule has 0 aromatic heterocycles. The number of carbonyl (C=O) groups is 1. The minimum atomic E-state index is 0.116. The molecule has 0 spiro atoms. The number of ether oxygens (including phenoxy) is 1. The van der Waals surface area contributed by atoms with E-state index in [9.17, 15) is 4.79 Å². The summed E-state index contributed by atoms with van der Waals surface area (Å²) in [4.78, 5) is 13.2. The maximum atomic E-state index is 11.3. The number of carbonyl (C=O) groups excluding carboxylic acids is 1. The highest BCUT2D eigenvalue weighted by Gasteiger charge is 2.30. The van der Waals surface area contributed by atoms with E-state index in [0.29, 0.717) is 6.42 Å². The number of hydrogen-bond acceptors (Lipinski definition) is 2. The van der Waals surface area contributed by atoms with Crippen molar-refractivity contribution in [3.8, 4) is 0 Å². The van der Waals surface area contributed by atoms with Crippen molar-refractivity contribution in [2.24, 2.45) is 0 Å². The Balaban J connectivity index is 2.09. The SMILES string of the molecule is O=C1CCCOC2CCCN12. The van der Waals surface area contributed by atoms with Gasteiger partial charge in [-0.25, -0.2) is 0 Å². The molecule has 0 saturated carbocycles. The Bertz CT molecular complexity index is 169. The van der Waals surface area contributed by atoms with Gasteiger partial charge in [0.25, 0.3) is 0 Å². The second-order valence-electron chi connectivity index (χ2n) is 3.16. The molecule has 1 unspecified atom stereocenters. The summed E-state index contributed by atoms with van der Waals surface area (Å²) in [7, 11) is 0. The Kier molecular flexibility index (Phi) is 1.82. The molecule has 62 valence electrons. The third-order valence-electron chi connectivity index (χ3n) is 2.36. The number of hydrogen-bond donors (Lipinski definition) is 0. The van der Waals surface area contributed by atoms with Gasteiger partial charge in [0, 0.05) is 19.6 Å². The fourth-order valence-corrected chi connectivity index (χ4v) is 1.78. The molecule has 2 aliphatic heterocycles. The molecule has 0 aromatic rings. The highest BCUT2D eigenvalue weighted by atomic mass is 16.5. The van der Waals surface area contributed by atoms with Gasteiger partial charge >= 0.3 is 0 Å². The van der Waals surface area contributed by atoms with Crippen LogP contribution in [0.3, 0.4) is 0 Å². The first kappa shape index (κ1) is 7.10. The predicted octanol–water partition coefficient (Wildman–Crippen LogP) is 0.745. The van der Waals surface area contributed by atoms with Gasteiger partial charge in [-0.3, -0.25) is 4.79 Å². The Morgan fingerprint density at radius 3 is 3.27 bits per heavy atom. The van der Waals surface area contributed by atoms with E-state index in [1.165, 1.54) is 0 Å². The van der Waals surface area contributed by atoms with E-state index in [4.69, 9.17) is 4.74 Å². The number of amides is 1. The minimum absolute atomic E-state index is 0.116. The molecule has 0 N–H and O–H groups in total. The third kappa shape index (κ3) is 1.25. The van der Waals surface area contributed by atoms with Gasteiger partial charge < -0.3 is 9.64 Å². The van der Waals surface area contributed by atoms with Crippen LogP contribution in [0.1, 0.15) is 25.7 Å². The highest BCUT2D eigenvalue weighted by Crippen LogP contribution is 2.22. The van der Waals surface area contributed by atoms with Crippen LogP contribution in [0.5, 0.6) is 0 Å². The van der Waals surface area contributed by atoms with Crippen LogP contribution in [0.4, 0.5) is 0 Å². The number of nitrogens with zero attached hydrogens (tertiary/aromatic N) is 1. The molecule has 0 radical (unpaired) electrons. The number of rotatable bonds is 0. The summed E-state index contributed by atoms with van der Waals surface area (Å²) < 4.78 is 5.50. The Labute approximate surface area is 66.3 Å². The predicted molar refractivity (Wildman–Crippen MR) is 39.9 cm³/mol. The zero-order valence-corrected chi connectivity index (χ0v) is 6.58. The first-order valence-corrected chi connectivity index (χ1v) is 4.29. The van der Waals surface area contributed by atoms with Crippen molar-refractivity contribution in [2.75, 3.05) is 13.2 Å². The van der Waals surface area contributed by atoms with Gasteiger partial charge in [-0.2, -0.15) is 0 Å². The number of fused-ring (bicyclic) bond motifs is 1. The molecule has 2 saturated heterocycles. The van der Waals surface area contributed by atoms with Crippen molar-refractivity contribution in [1.29, 1.82) is 0 Å². The normalized spacial score (nSPS) is 31.8. The van der Waals surface area contributed by atoms with Crippen molar-refractivity contribution >= 4 is 5.91 Å². The van der Waals surface area contributed by atoms with E-state index in [2.05, 4.69) is 0 Å². The summed E-state index contributed by atoms with van der Waals surface area (Å²) in [5.74, 6) is 0.282. The lowest BCUT2D eigenvalue weighted by Crippen LogP contribution is -2.34. The smallest absolute Gasteiger partial charge is 0.224 e. The zero-order chi connectivity index (χ0) is 7.68. The molecule has 3 nitrogen and oxygen atoms in total. The zero-order valence-electron chi connectivity index (χ0n) is 6.58. The Morgan fingerprint density at radius 2 is 2.36 bits per heavy atom. The molecule has 2 aliphatic rings. The largest absolute Gasteiger partial charge is 0.358 e. The highest BCUT2D eigenvalue weighted by molar-refractivity contribution is 5.76. The molecule has 3 heteroatoms. The first-order valence-electron chi connectivity index (χ1n) is 4.29. The van der Waals surface area contributed by atoms with Crippen LogP contribution in [0.15, 0.2) is 0 Å². The summed E-state index contributed by atoms with van der Waals surface area (Å²) in [5, 5.41) is 0. The van der Waals surface area contributed by atoms with Gasteiger partial charge in [-0.05, 0) is 19.3 Å². The molecular formula is C8H13NO2. The van der Waals surface area contributed by atoms with Crippen molar-refractivity contribution < 1.29 is 9.53 Å². The van der Waals surface area contributed by atoms with Gasteiger partial charge in [-0.15, -0.1) is 0 Å². The Hall–Kier alpha value is -0.570. The van der Waals surface area contributed by atoms with Gasteiger partial charge in [0.05, 0.1) is 0 Å². The maximum Gasteiger partial charge on any atom is 0.224 e. The van der Waals surface area contributed by atoms with Crippen molar-refractivity contribution in [2.45, 2.75) is 31.9 Å². The molecule has 11 heavy (non-hydrogen) atoms. The minimum Gasteiger partial charge on any atom is -0.358 e. The maximum absolute atomic E-state index is 11.3. The molecular weight excluding hydrogens is 142 g/mol. The second-order valence-corrected chi connectivity index (χ2v) is 3.16. The van der Waals surface area contributed by atoms with Gasteiger partial charge in [-0.1, -0.05) is 0 Å². The van der Waals surface area contributed by atoms with E-state index in [1.807, 2.05) is 4.90 Å². The van der Waals surface area contributed by atoms with E-state index in [-0.39, 0.29) is 12.1 Å². The lowest BCUT2D eigenvalue weighted by molar-refractivity contribution is -0.137. The van der Waals surface area contributed by atoms with Gasteiger partial charge in [0.1, 0.15) is 6.23 Å². The fourth-order valence-electron chi connectivity index (χ4n) is 1.78. The second kappa shape index (κ2) is 2.81. The van der Waals surface area contributed by atoms with Crippen LogP contribution < -0.4 is 0 Å². The average Bonchev–Trinajstić information content (AvgIpc) is 2.40. The van der Waals surface area contributed by atoms with Crippen LogP contribution in [-0.2, 0) is 9.53 Å². The van der Waals surface area contributed by atoms with Gasteiger partial charge in [0.2, 0.25) is 5.91 Å². The van der Waals surface area contributed by atoms with E-state index in [0.717, 1.165) is 32.4 Å². The van der Waals surface area contributed by atoms with E-state index < -0.39 is 0 Å². The van der Waals surface area contributed by atoms with Crippen molar-refractivity contribution in [3.05, 3.63) is 0 Å². The van der Waals surface area contributed by atoms with E-state index >= 15 is 0 Å². The standard InChI is InChI=1S/C8H13NO2/c10-7-3-2-6-11-8-4-1-5-9(7)8/h8H,1-6H2. The molecule has 2 fully saturated rings. The molecule has 0 aromatic carbocycles. The van der Waals surface area contributed by atoms with Crippen LogP contribution in [0.2, 0.25) is 0 Å². The van der Waals surface area contributed by atoms with Crippen molar-refractivity contribution in [3.63, 3.8) is 0 Å². The van der Waals surface area contributed by atoms with Crippen LogP contribution >= 0.6 is 0 Å². The summed E-state index contributed by atoms with van der Waals surface area (Å²) in [6.07, 6.45) is 3.83. The van der Waals surface area contributed by atoms with Crippen LogP contribution in [0.25, 0.3) is 0 Å². The van der Waals surface area contributed by atoms with Crippen LogP contribution in [0, 0.1) is 0 Å². The average molecular weight is 155 g/mol.